The summed E-state index contributed by atoms with van der Waals surface area (Å²) in [6.45, 7) is 6.24. The van der Waals surface area contributed by atoms with Crippen molar-refractivity contribution in [1.82, 2.24) is 0 Å². The largest absolute Gasteiger partial charge is 0.453 e. The minimum Gasteiger partial charge on any atom is -0.325 e. The number of nitrogens with zero attached hydrogens (tertiary/aromatic N) is 1. The highest BCUT2D eigenvalue weighted by Crippen LogP contribution is 2.38. The summed E-state index contributed by atoms with van der Waals surface area (Å²) in [5, 5.41) is 0. The zero-order valence-electron chi connectivity index (χ0n) is 17.6. The predicted octanol–water partition coefficient (Wildman–Crippen LogP) is 6.95. The molecule has 0 aliphatic carbocycles. The Kier molecular flexibility index (Phi) is 6.78. The number of benzene rings is 2. The molecular formula is C23H29F5N+. The molecule has 29 heavy (non-hydrogen) atoms. The van der Waals surface area contributed by atoms with Gasteiger partial charge in [0.1, 0.15) is 6.54 Å². The number of quaternary nitrogens is 1. The van der Waals surface area contributed by atoms with Crippen molar-refractivity contribution in [3.8, 4) is 11.1 Å². The molecule has 0 heterocycles. The molecule has 0 unspecified atom stereocenters. The first kappa shape index (κ1) is 23.3. The molecule has 0 bridgehead atoms. The van der Waals surface area contributed by atoms with Crippen LogP contribution in [-0.2, 0) is 6.54 Å². The van der Waals surface area contributed by atoms with E-state index in [1.807, 2.05) is 37.3 Å². The summed E-state index contributed by atoms with van der Waals surface area (Å²) in [5.74, 6) is -4.27. The van der Waals surface area contributed by atoms with Gasteiger partial charge in [-0.3, -0.25) is 0 Å². The van der Waals surface area contributed by atoms with Crippen molar-refractivity contribution in [3.05, 3.63) is 59.2 Å². The van der Waals surface area contributed by atoms with Gasteiger partial charge in [0.05, 0.1) is 27.1 Å². The maximum atomic E-state index is 13.4. The van der Waals surface area contributed by atoms with Crippen LogP contribution >= 0.6 is 0 Å². The van der Waals surface area contributed by atoms with E-state index in [1.54, 1.807) is 14.1 Å². The van der Waals surface area contributed by atoms with Crippen LogP contribution in [0.3, 0.4) is 0 Å². The molecule has 0 atom stereocenters. The maximum Gasteiger partial charge on any atom is 0.453 e. The van der Waals surface area contributed by atoms with E-state index in [-0.39, 0.29) is 11.0 Å². The third kappa shape index (κ3) is 6.01. The number of halogens is 5. The van der Waals surface area contributed by atoms with Gasteiger partial charge < -0.3 is 4.48 Å². The van der Waals surface area contributed by atoms with Gasteiger partial charge in [-0.15, -0.1) is 0 Å². The molecule has 0 aliphatic rings. The van der Waals surface area contributed by atoms with Gasteiger partial charge in [-0.2, -0.15) is 22.0 Å². The Labute approximate surface area is 169 Å². The van der Waals surface area contributed by atoms with Crippen LogP contribution in [0, 0.1) is 6.92 Å². The SMILES string of the molecule is Cc1ccc(-c2ccc(C(C)C)cc2)c(C[N+](C)(C)CCC(F)(F)C(F)(F)F)c1. The molecular weight excluding hydrogens is 385 g/mol. The van der Waals surface area contributed by atoms with Crippen LogP contribution < -0.4 is 0 Å². The monoisotopic (exact) mass is 414 g/mol. The third-order valence-corrected chi connectivity index (χ3v) is 5.19. The van der Waals surface area contributed by atoms with Gasteiger partial charge in [0, 0.05) is 5.56 Å². The Bertz CT molecular complexity index is 820. The van der Waals surface area contributed by atoms with Crippen molar-refractivity contribution in [1.29, 1.82) is 0 Å². The minimum atomic E-state index is -5.51. The van der Waals surface area contributed by atoms with E-state index >= 15 is 0 Å². The summed E-state index contributed by atoms with van der Waals surface area (Å²) >= 11 is 0. The molecule has 0 aliphatic heterocycles. The van der Waals surface area contributed by atoms with E-state index in [4.69, 9.17) is 0 Å². The van der Waals surface area contributed by atoms with E-state index in [0.29, 0.717) is 12.5 Å². The summed E-state index contributed by atoms with van der Waals surface area (Å²) in [7, 11) is 3.36. The highest BCUT2D eigenvalue weighted by atomic mass is 19.4. The molecule has 6 heteroatoms. The highest BCUT2D eigenvalue weighted by molar-refractivity contribution is 5.68. The number of aryl methyl sites for hydroxylation is 1. The lowest BCUT2D eigenvalue weighted by atomic mass is 9.94. The van der Waals surface area contributed by atoms with Crippen LogP contribution in [-0.4, -0.2) is 37.2 Å². The average Bonchev–Trinajstić information content (AvgIpc) is 2.59. The molecule has 2 rings (SSSR count). The molecule has 0 saturated heterocycles. The van der Waals surface area contributed by atoms with Crippen molar-refractivity contribution in [2.75, 3.05) is 20.6 Å². The van der Waals surface area contributed by atoms with Crippen molar-refractivity contribution in [3.63, 3.8) is 0 Å². The summed E-state index contributed by atoms with van der Waals surface area (Å²) in [6, 6.07) is 14.1. The topological polar surface area (TPSA) is 0 Å². The molecule has 0 saturated carbocycles. The normalized spacial score (nSPS) is 13.2. The fourth-order valence-electron chi connectivity index (χ4n) is 3.31. The van der Waals surface area contributed by atoms with Gasteiger partial charge in [-0.05, 0) is 35.6 Å². The smallest absolute Gasteiger partial charge is 0.325 e. The lowest BCUT2D eigenvalue weighted by Gasteiger charge is -2.32. The highest BCUT2D eigenvalue weighted by Gasteiger charge is 2.57. The van der Waals surface area contributed by atoms with E-state index in [0.717, 1.165) is 22.3 Å². The Morgan fingerprint density at radius 1 is 0.897 bits per heavy atom. The van der Waals surface area contributed by atoms with E-state index < -0.39 is 18.5 Å². The second-order valence-corrected chi connectivity index (χ2v) is 8.71. The zero-order valence-corrected chi connectivity index (χ0v) is 17.6. The molecule has 0 spiro atoms. The second-order valence-electron chi connectivity index (χ2n) is 8.71. The Balaban J connectivity index is 2.26. The zero-order chi connectivity index (χ0) is 22.0. The lowest BCUT2D eigenvalue weighted by molar-refractivity contribution is -0.904. The first-order chi connectivity index (χ1) is 13.2. The first-order valence-corrected chi connectivity index (χ1v) is 9.68. The first-order valence-electron chi connectivity index (χ1n) is 9.68. The number of rotatable bonds is 7. The third-order valence-electron chi connectivity index (χ3n) is 5.19. The van der Waals surface area contributed by atoms with Crippen molar-refractivity contribution in [2.45, 2.75) is 51.8 Å². The molecule has 0 radical (unpaired) electrons. The Morgan fingerprint density at radius 3 is 2.00 bits per heavy atom. The molecule has 2 aromatic carbocycles. The average molecular weight is 414 g/mol. The van der Waals surface area contributed by atoms with Gasteiger partial charge in [-0.25, -0.2) is 0 Å². The predicted molar refractivity (Wildman–Crippen MR) is 107 cm³/mol. The molecule has 2 aromatic rings. The lowest BCUT2D eigenvalue weighted by Crippen LogP contribution is -2.45. The summed E-state index contributed by atoms with van der Waals surface area (Å²) in [5.41, 5.74) is 5.14. The fraction of sp³-hybridized carbons (Fsp3) is 0.478. The molecule has 0 N–H and O–H groups in total. The van der Waals surface area contributed by atoms with Gasteiger partial charge in [0.25, 0.3) is 0 Å². The molecule has 0 aromatic heterocycles. The quantitative estimate of drug-likeness (QED) is 0.340. The van der Waals surface area contributed by atoms with Crippen LogP contribution in [0.15, 0.2) is 42.5 Å². The second kappa shape index (κ2) is 8.42. The van der Waals surface area contributed by atoms with Gasteiger partial charge >= 0.3 is 12.1 Å². The van der Waals surface area contributed by atoms with Crippen LogP contribution in [0.5, 0.6) is 0 Å². The fourth-order valence-corrected chi connectivity index (χ4v) is 3.31. The van der Waals surface area contributed by atoms with Crippen LogP contribution in [0.4, 0.5) is 22.0 Å². The van der Waals surface area contributed by atoms with Gasteiger partial charge in [0.2, 0.25) is 0 Å². The number of hydrogen-bond acceptors (Lipinski definition) is 0. The Hall–Kier alpha value is -1.95. The van der Waals surface area contributed by atoms with Crippen LogP contribution in [0.2, 0.25) is 0 Å². The molecule has 1 nitrogen and oxygen atoms in total. The standard InChI is InChI=1S/C23H29F5N/c1-16(2)18-7-9-19(10-8-18)21-11-6-17(3)14-20(21)15-29(4,5)13-12-22(24,25)23(26,27)28/h6-11,14,16H,12-13,15H2,1-5H3/q+1. The van der Waals surface area contributed by atoms with E-state index in [1.165, 1.54) is 5.56 Å². The van der Waals surface area contributed by atoms with Crippen molar-refractivity contribution in [2.24, 2.45) is 0 Å². The summed E-state index contributed by atoms with van der Waals surface area (Å²) in [4.78, 5) is 0. The number of alkyl halides is 5. The summed E-state index contributed by atoms with van der Waals surface area (Å²) in [6.07, 6.45) is -6.74. The van der Waals surface area contributed by atoms with Crippen molar-refractivity contribution >= 4 is 0 Å². The number of hydrogen-bond donors (Lipinski definition) is 0. The van der Waals surface area contributed by atoms with E-state index in [9.17, 15) is 22.0 Å². The molecule has 160 valence electrons. The molecule has 0 amide bonds. The van der Waals surface area contributed by atoms with Crippen molar-refractivity contribution < 1.29 is 26.4 Å². The van der Waals surface area contributed by atoms with Gasteiger partial charge in [-0.1, -0.05) is 55.8 Å². The summed E-state index contributed by atoms with van der Waals surface area (Å²) < 4.78 is 64.3. The minimum absolute atomic E-state index is 0.0339. The van der Waals surface area contributed by atoms with E-state index in [2.05, 4.69) is 26.0 Å². The maximum absolute atomic E-state index is 13.4. The molecule has 0 fully saturated rings. The Morgan fingerprint density at radius 2 is 1.48 bits per heavy atom. The van der Waals surface area contributed by atoms with Crippen LogP contribution in [0.25, 0.3) is 11.1 Å². The van der Waals surface area contributed by atoms with Crippen LogP contribution in [0.1, 0.15) is 42.9 Å². The van der Waals surface area contributed by atoms with Gasteiger partial charge in [0.15, 0.2) is 0 Å².